The summed E-state index contributed by atoms with van der Waals surface area (Å²) >= 11 is 1.64. The van der Waals surface area contributed by atoms with Gasteiger partial charge < -0.3 is 15.8 Å². The number of amides is 1. The molecule has 30 heavy (non-hydrogen) atoms. The Morgan fingerprint density at radius 2 is 1.80 bits per heavy atom. The molecule has 4 nitrogen and oxygen atoms in total. The van der Waals surface area contributed by atoms with Crippen LogP contribution in [0.15, 0.2) is 89.5 Å². The molecule has 6 heteroatoms. The van der Waals surface area contributed by atoms with Gasteiger partial charge in [-0.1, -0.05) is 24.6 Å². The van der Waals surface area contributed by atoms with E-state index >= 15 is 0 Å². The van der Waals surface area contributed by atoms with Crippen LogP contribution in [0.1, 0.15) is 21.7 Å². The van der Waals surface area contributed by atoms with Gasteiger partial charge in [0.1, 0.15) is 5.76 Å². The van der Waals surface area contributed by atoms with Gasteiger partial charge in [0.15, 0.2) is 0 Å². The summed E-state index contributed by atoms with van der Waals surface area (Å²) in [5, 5.41) is 4.74. The summed E-state index contributed by atoms with van der Waals surface area (Å²) in [6.45, 7) is 0.691. The number of hydrazine groups is 1. The monoisotopic (exact) mass is 490 g/mol. The molecule has 0 unspecified atom stereocenters. The normalized spacial score (nSPS) is 10.4. The Hall–Kier alpha value is -2.05. The van der Waals surface area contributed by atoms with Gasteiger partial charge in [-0.25, -0.2) is 16.5 Å². The molecule has 0 aliphatic heterocycles. The summed E-state index contributed by atoms with van der Waals surface area (Å²) in [5.41, 5.74) is 5.71. The van der Waals surface area contributed by atoms with E-state index in [-0.39, 0.29) is 38.6 Å². The fraction of sp³-hybridized carbons (Fsp3) is 0.125. The maximum atomic E-state index is 13.1. The number of benzene rings is 2. The molecule has 0 bridgehead atoms. The summed E-state index contributed by atoms with van der Waals surface area (Å²) < 4.78 is 5.45. The first-order valence-electron chi connectivity index (χ1n) is 9.53. The Labute approximate surface area is 205 Å². The fourth-order valence-electron chi connectivity index (χ4n) is 3.07. The van der Waals surface area contributed by atoms with Gasteiger partial charge in [-0.05, 0) is 55.0 Å². The number of hydrogen-bond donors (Lipinski definition) is 1. The van der Waals surface area contributed by atoms with Crippen molar-refractivity contribution < 1.29 is 41.9 Å². The fourth-order valence-corrected chi connectivity index (χ4v) is 3.74. The van der Waals surface area contributed by atoms with Crippen molar-refractivity contribution in [3.05, 3.63) is 101 Å². The van der Waals surface area contributed by atoms with Gasteiger partial charge in [0.05, 0.1) is 12.0 Å². The SMILES string of the molecule is O=C(c1ccccc1)N(NCCCc1cc[c-]s1)c1ccc(-c2ccco2)cc1.[Y]. The largest absolute Gasteiger partial charge is 0.464 e. The Balaban J connectivity index is 0.00000256. The van der Waals surface area contributed by atoms with Gasteiger partial charge in [0.25, 0.3) is 5.91 Å². The van der Waals surface area contributed by atoms with Crippen LogP contribution in [0.2, 0.25) is 0 Å². The summed E-state index contributed by atoms with van der Waals surface area (Å²) in [6, 6.07) is 24.9. The van der Waals surface area contributed by atoms with Crippen molar-refractivity contribution in [3.8, 4) is 11.3 Å². The van der Waals surface area contributed by atoms with E-state index in [0.29, 0.717) is 12.1 Å². The van der Waals surface area contributed by atoms with E-state index in [1.807, 2.05) is 72.8 Å². The molecular formula is C24H21N2O2SY-. The number of carbonyl (C=O) groups excluding carboxylic acids is 1. The van der Waals surface area contributed by atoms with Gasteiger partial charge in [0.2, 0.25) is 0 Å². The summed E-state index contributed by atoms with van der Waals surface area (Å²) in [5.74, 6) is 0.721. The Bertz CT molecular complexity index is 1020. The van der Waals surface area contributed by atoms with Crippen LogP contribution in [0.5, 0.6) is 0 Å². The van der Waals surface area contributed by atoms with Crippen LogP contribution in [0, 0.1) is 5.38 Å². The van der Waals surface area contributed by atoms with Crippen molar-refractivity contribution in [3.63, 3.8) is 0 Å². The van der Waals surface area contributed by atoms with E-state index in [9.17, 15) is 4.79 Å². The van der Waals surface area contributed by atoms with Gasteiger partial charge in [-0.3, -0.25) is 4.79 Å². The summed E-state index contributed by atoms with van der Waals surface area (Å²) in [7, 11) is 0. The van der Waals surface area contributed by atoms with Gasteiger partial charge >= 0.3 is 0 Å². The van der Waals surface area contributed by atoms with E-state index in [2.05, 4.69) is 16.9 Å². The van der Waals surface area contributed by atoms with Crippen LogP contribution >= 0.6 is 11.3 Å². The van der Waals surface area contributed by atoms with Crippen molar-refractivity contribution in [1.82, 2.24) is 5.43 Å². The maximum Gasteiger partial charge on any atom is 0.272 e. The van der Waals surface area contributed by atoms with Crippen LogP contribution in [-0.4, -0.2) is 12.5 Å². The Kier molecular flexibility index (Phi) is 8.58. The zero-order chi connectivity index (χ0) is 19.9. The second kappa shape index (κ2) is 11.4. The number of anilines is 1. The first kappa shape index (κ1) is 22.6. The number of hydrogen-bond acceptors (Lipinski definition) is 4. The molecule has 4 rings (SSSR count). The van der Waals surface area contributed by atoms with E-state index < -0.39 is 0 Å². The van der Waals surface area contributed by atoms with E-state index in [0.717, 1.165) is 29.9 Å². The minimum absolute atomic E-state index is 0. The quantitative estimate of drug-likeness (QED) is 0.199. The molecule has 2 aromatic carbocycles. The third kappa shape index (κ3) is 5.76. The van der Waals surface area contributed by atoms with E-state index in [1.54, 1.807) is 22.6 Å². The third-order valence-electron chi connectivity index (χ3n) is 4.55. The van der Waals surface area contributed by atoms with Crippen LogP contribution in [-0.2, 0) is 39.1 Å². The molecule has 2 heterocycles. The van der Waals surface area contributed by atoms with Crippen molar-refractivity contribution in [2.45, 2.75) is 12.8 Å². The molecule has 1 amide bonds. The number of carbonyl (C=O) groups is 1. The molecule has 149 valence electrons. The molecule has 2 aromatic heterocycles. The van der Waals surface area contributed by atoms with E-state index in [4.69, 9.17) is 4.42 Å². The zero-order valence-electron chi connectivity index (χ0n) is 16.5. The van der Waals surface area contributed by atoms with Crippen molar-refractivity contribution in [1.29, 1.82) is 0 Å². The zero-order valence-corrected chi connectivity index (χ0v) is 20.1. The van der Waals surface area contributed by atoms with Crippen LogP contribution < -0.4 is 10.4 Å². The average molecular weight is 490 g/mol. The minimum atomic E-state index is -0.0826. The predicted octanol–water partition coefficient (Wildman–Crippen LogP) is 5.59. The Morgan fingerprint density at radius 3 is 2.47 bits per heavy atom. The minimum Gasteiger partial charge on any atom is -0.464 e. The molecule has 0 saturated heterocycles. The Morgan fingerprint density at radius 1 is 1.00 bits per heavy atom. The second-order valence-electron chi connectivity index (χ2n) is 6.56. The van der Waals surface area contributed by atoms with E-state index in [1.165, 1.54) is 4.88 Å². The number of nitrogens with zero attached hydrogens (tertiary/aromatic N) is 1. The van der Waals surface area contributed by atoms with Gasteiger partial charge in [-0.2, -0.15) is 6.07 Å². The maximum absolute atomic E-state index is 13.1. The molecule has 1 radical (unpaired) electrons. The van der Waals surface area contributed by atoms with Gasteiger partial charge in [0, 0.05) is 50.4 Å². The van der Waals surface area contributed by atoms with Crippen molar-refractivity contribution >= 4 is 22.9 Å². The standard InChI is InChI=1S/C24H21N2O2S.Y/c27-24(20-7-2-1-3-8-20)26(25-16-4-9-22-10-6-18-29-22)21-14-12-19(13-15-21)23-11-5-17-28-23;/h1-3,5-8,10-15,17,25H,4,9,16H2;/q-1;. The molecule has 0 aliphatic carbocycles. The number of furan rings is 1. The van der Waals surface area contributed by atoms with Crippen LogP contribution in [0.25, 0.3) is 11.3 Å². The van der Waals surface area contributed by atoms with Gasteiger partial charge in [-0.15, -0.1) is 10.3 Å². The molecular weight excluding hydrogens is 469 g/mol. The van der Waals surface area contributed by atoms with Crippen LogP contribution in [0.3, 0.4) is 0 Å². The summed E-state index contributed by atoms with van der Waals surface area (Å²) in [4.78, 5) is 14.4. The molecule has 4 aromatic rings. The molecule has 0 spiro atoms. The first-order valence-corrected chi connectivity index (χ1v) is 10.3. The van der Waals surface area contributed by atoms with Crippen molar-refractivity contribution in [2.24, 2.45) is 0 Å². The number of thiophene rings is 1. The predicted molar refractivity (Wildman–Crippen MR) is 117 cm³/mol. The molecule has 1 N–H and O–H groups in total. The third-order valence-corrected chi connectivity index (χ3v) is 5.41. The smallest absolute Gasteiger partial charge is 0.272 e. The molecule has 0 fully saturated rings. The number of rotatable bonds is 8. The van der Waals surface area contributed by atoms with Crippen LogP contribution in [0.4, 0.5) is 5.69 Å². The first-order chi connectivity index (χ1) is 14.3. The number of aryl methyl sites for hydroxylation is 1. The topological polar surface area (TPSA) is 45.5 Å². The van der Waals surface area contributed by atoms with Crippen molar-refractivity contribution in [2.75, 3.05) is 11.6 Å². The average Bonchev–Trinajstić information content (AvgIpc) is 3.49. The summed E-state index contributed by atoms with van der Waals surface area (Å²) in [6.07, 6.45) is 3.55. The second-order valence-corrected chi connectivity index (χ2v) is 7.53. The molecule has 0 saturated carbocycles. The molecule has 0 atom stereocenters. The number of nitrogens with one attached hydrogen (secondary N) is 1. The molecule has 0 aliphatic rings.